The van der Waals surface area contributed by atoms with Crippen molar-refractivity contribution in [1.29, 1.82) is 0 Å². The molecule has 2 aromatic heterocycles. The Bertz CT molecular complexity index is 454. The van der Waals surface area contributed by atoms with E-state index in [0.717, 1.165) is 11.3 Å². The van der Waals surface area contributed by atoms with Crippen LogP contribution in [0.5, 0.6) is 0 Å². The van der Waals surface area contributed by atoms with Crippen LogP contribution in [0.3, 0.4) is 0 Å². The summed E-state index contributed by atoms with van der Waals surface area (Å²) in [6.07, 6.45) is 1.36. The molecule has 2 aromatic rings. The molecule has 0 aliphatic carbocycles. The number of amides is 1. The fourth-order valence-electron chi connectivity index (χ4n) is 0.853. The highest BCUT2D eigenvalue weighted by molar-refractivity contribution is 7.17. The molecular formula is C6H5ClN6OS. The van der Waals surface area contributed by atoms with Crippen LogP contribution < -0.4 is 5.32 Å². The summed E-state index contributed by atoms with van der Waals surface area (Å²) in [5.74, 6) is 0.231. The third kappa shape index (κ3) is 2.48. The maximum Gasteiger partial charge on any atom is 0.282 e. The molecule has 2 N–H and O–H groups in total. The lowest BCUT2D eigenvalue weighted by Gasteiger charge is -1.97. The van der Waals surface area contributed by atoms with Crippen LogP contribution in [0.2, 0.25) is 4.47 Å². The maximum absolute atomic E-state index is 11.4. The lowest BCUT2D eigenvalue weighted by Crippen LogP contribution is -2.23. The first-order chi connectivity index (χ1) is 7.25. The smallest absolute Gasteiger partial charge is 0.282 e. The topological polar surface area (TPSA) is 96.5 Å². The van der Waals surface area contributed by atoms with Crippen LogP contribution in [0.1, 0.15) is 15.6 Å². The number of hydrogen-bond donors (Lipinski definition) is 2. The van der Waals surface area contributed by atoms with E-state index in [9.17, 15) is 4.79 Å². The number of carbonyl (C=O) groups is 1. The summed E-state index contributed by atoms with van der Waals surface area (Å²) in [5.41, 5.74) is 0. The molecule has 0 aliphatic heterocycles. The zero-order valence-corrected chi connectivity index (χ0v) is 8.84. The molecule has 0 fully saturated rings. The molecule has 15 heavy (non-hydrogen) atoms. The summed E-state index contributed by atoms with van der Waals surface area (Å²) in [5, 5.41) is 16.2. The molecule has 0 atom stereocenters. The highest BCUT2D eigenvalue weighted by atomic mass is 35.5. The molecular weight excluding hydrogens is 240 g/mol. The average Bonchev–Trinajstić information content (AvgIpc) is 2.84. The van der Waals surface area contributed by atoms with E-state index in [1.807, 2.05) is 0 Å². The fraction of sp³-hybridized carbons (Fsp3) is 0.167. The van der Waals surface area contributed by atoms with E-state index < -0.39 is 0 Å². The SMILES string of the molecule is O=C(NCc1ncn[nH]1)c1nnc(Cl)s1. The van der Waals surface area contributed by atoms with Gasteiger partial charge >= 0.3 is 0 Å². The molecule has 1 amide bonds. The van der Waals surface area contributed by atoms with Gasteiger partial charge in [-0.05, 0) is 11.6 Å². The second kappa shape index (κ2) is 4.32. The Morgan fingerprint density at radius 2 is 2.47 bits per heavy atom. The van der Waals surface area contributed by atoms with Gasteiger partial charge in [0.05, 0.1) is 6.54 Å². The number of aromatic amines is 1. The van der Waals surface area contributed by atoms with Crippen molar-refractivity contribution in [3.05, 3.63) is 21.6 Å². The van der Waals surface area contributed by atoms with E-state index >= 15 is 0 Å². The van der Waals surface area contributed by atoms with Gasteiger partial charge < -0.3 is 5.32 Å². The van der Waals surface area contributed by atoms with E-state index in [1.165, 1.54) is 6.33 Å². The quantitative estimate of drug-likeness (QED) is 0.806. The van der Waals surface area contributed by atoms with Crippen molar-refractivity contribution < 1.29 is 4.79 Å². The molecule has 7 nitrogen and oxygen atoms in total. The Morgan fingerprint density at radius 1 is 1.60 bits per heavy atom. The first kappa shape index (κ1) is 9.99. The number of halogens is 1. The van der Waals surface area contributed by atoms with Gasteiger partial charge in [0, 0.05) is 0 Å². The minimum absolute atomic E-state index is 0.222. The molecule has 2 heterocycles. The third-order valence-corrected chi connectivity index (χ3v) is 2.49. The zero-order valence-electron chi connectivity index (χ0n) is 7.27. The van der Waals surface area contributed by atoms with Gasteiger partial charge in [-0.2, -0.15) is 5.10 Å². The summed E-state index contributed by atoms with van der Waals surface area (Å²) in [4.78, 5) is 15.3. The van der Waals surface area contributed by atoms with Crippen LogP contribution in [-0.4, -0.2) is 31.3 Å². The van der Waals surface area contributed by atoms with Gasteiger partial charge in [-0.1, -0.05) is 11.3 Å². The van der Waals surface area contributed by atoms with Crippen LogP contribution in [0, 0.1) is 0 Å². The van der Waals surface area contributed by atoms with Crippen molar-refractivity contribution >= 4 is 28.8 Å². The number of nitrogens with zero attached hydrogens (tertiary/aromatic N) is 4. The molecule has 0 aliphatic rings. The maximum atomic E-state index is 11.4. The van der Waals surface area contributed by atoms with Crippen molar-refractivity contribution in [3.63, 3.8) is 0 Å². The van der Waals surface area contributed by atoms with Gasteiger partial charge in [0.25, 0.3) is 5.91 Å². The number of nitrogens with one attached hydrogen (secondary N) is 2. The number of hydrogen-bond acceptors (Lipinski definition) is 6. The summed E-state index contributed by atoms with van der Waals surface area (Å²) in [6, 6.07) is 0. The molecule has 0 bridgehead atoms. The molecule has 0 radical (unpaired) electrons. The Balaban J connectivity index is 1.93. The summed E-state index contributed by atoms with van der Waals surface area (Å²) >= 11 is 6.56. The fourth-order valence-corrected chi connectivity index (χ4v) is 1.60. The molecule has 0 unspecified atom stereocenters. The van der Waals surface area contributed by atoms with E-state index in [4.69, 9.17) is 11.6 Å². The van der Waals surface area contributed by atoms with Crippen molar-refractivity contribution in [2.75, 3.05) is 0 Å². The van der Waals surface area contributed by atoms with E-state index in [2.05, 4.69) is 30.7 Å². The van der Waals surface area contributed by atoms with Gasteiger partial charge in [0.15, 0.2) is 0 Å². The Hall–Kier alpha value is -1.54. The van der Waals surface area contributed by atoms with Crippen molar-refractivity contribution in [3.8, 4) is 0 Å². The number of carbonyl (C=O) groups excluding carboxylic acids is 1. The summed E-state index contributed by atoms with van der Waals surface area (Å²) < 4.78 is 0.236. The molecule has 9 heteroatoms. The standard InChI is InChI=1S/C6H5ClN6OS/c7-6-13-12-5(15-6)4(14)8-1-3-9-2-10-11-3/h2H,1H2,(H,8,14)(H,9,10,11). The van der Waals surface area contributed by atoms with Gasteiger partial charge in [-0.3, -0.25) is 9.89 Å². The summed E-state index contributed by atoms with van der Waals surface area (Å²) in [7, 11) is 0. The summed E-state index contributed by atoms with van der Waals surface area (Å²) in [6.45, 7) is 0.260. The number of aromatic nitrogens is 5. The van der Waals surface area contributed by atoms with Crippen LogP contribution in [0.4, 0.5) is 0 Å². The average molecular weight is 245 g/mol. The lowest BCUT2D eigenvalue weighted by atomic mass is 10.5. The van der Waals surface area contributed by atoms with E-state index in [0.29, 0.717) is 5.82 Å². The van der Waals surface area contributed by atoms with Crippen molar-refractivity contribution in [1.82, 2.24) is 30.7 Å². The molecule has 0 saturated heterocycles. The van der Waals surface area contributed by atoms with E-state index in [-0.39, 0.29) is 21.9 Å². The molecule has 0 aromatic carbocycles. The predicted molar refractivity (Wildman–Crippen MR) is 52.5 cm³/mol. The van der Waals surface area contributed by atoms with Crippen LogP contribution in [0.25, 0.3) is 0 Å². The van der Waals surface area contributed by atoms with Crippen LogP contribution in [0.15, 0.2) is 6.33 Å². The van der Waals surface area contributed by atoms with Crippen LogP contribution >= 0.6 is 22.9 Å². The predicted octanol–water partition coefficient (Wildman–Crippen LogP) is 0.240. The number of H-pyrrole nitrogens is 1. The minimum atomic E-state index is -0.337. The molecule has 2 rings (SSSR count). The highest BCUT2D eigenvalue weighted by Crippen LogP contribution is 2.14. The normalized spacial score (nSPS) is 10.2. The van der Waals surface area contributed by atoms with Gasteiger partial charge in [0.1, 0.15) is 12.2 Å². The van der Waals surface area contributed by atoms with Crippen molar-refractivity contribution in [2.24, 2.45) is 0 Å². The monoisotopic (exact) mass is 244 g/mol. The van der Waals surface area contributed by atoms with E-state index in [1.54, 1.807) is 0 Å². The highest BCUT2D eigenvalue weighted by Gasteiger charge is 2.11. The van der Waals surface area contributed by atoms with Crippen molar-refractivity contribution in [2.45, 2.75) is 6.54 Å². The molecule has 0 spiro atoms. The second-order valence-corrected chi connectivity index (χ2v) is 4.03. The second-order valence-electron chi connectivity index (χ2n) is 2.48. The Labute approximate surface area is 92.9 Å². The van der Waals surface area contributed by atoms with Gasteiger partial charge in [0.2, 0.25) is 9.47 Å². The first-order valence-corrected chi connectivity index (χ1v) is 5.06. The van der Waals surface area contributed by atoms with Gasteiger partial charge in [-0.25, -0.2) is 4.98 Å². The Kier molecular flexibility index (Phi) is 2.88. The van der Waals surface area contributed by atoms with Crippen LogP contribution in [-0.2, 0) is 6.54 Å². The molecule has 78 valence electrons. The first-order valence-electron chi connectivity index (χ1n) is 3.87. The Morgan fingerprint density at radius 3 is 3.07 bits per heavy atom. The lowest BCUT2D eigenvalue weighted by molar-refractivity contribution is 0.0949. The minimum Gasteiger partial charge on any atom is -0.343 e. The van der Waals surface area contributed by atoms with Gasteiger partial charge in [-0.15, -0.1) is 10.2 Å². The third-order valence-electron chi connectivity index (χ3n) is 1.48. The largest absolute Gasteiger partial charge is 0.343 e. The zero-order chi connectivity index (χ0) is 10.7. The number of rotatable bonds is 3. The molecule has 0 saturated carbocycles.